The van der Waals surface area contributed by atoms with Gasteiger partial charge in [-0.1, -0.05) is 27.2 Å². The summed E-state index contributed by atoms with van der Waals surface area (Å²) in [5, 5.41) is 0. The molecule has 0 aromatic rings. The molecule has 0 aromatic heterocycles. The van der Waals surface area contributed by atoms with Crippen molar-refractivity contribution in [1.29, 1.82) is 0 Å². The highest BCUT2D eigenvalue weighted by atomic mass is 16.5. The molecular weight excluding hydrogens is 244 g/mol. The fourth-order valence-corrected chi connectivity index (χ4v) is 2.64. The summed E-state index contributed by atoms with van der Waals surface area (Å²) < 4.78 is 9.93. The van der Waals surface area contributed by atoms with Gasteiger partial charge in [0.05, 0.1) is 7.11 Å². The molecule has 1 aliphatic rings. The van der Waals surface area contributed by atoms with Crippen LogP contribution in [0.3, 0.4) is 0 Å². The summed E-state index contributed by atoms with van der Waals surface area (Å²) in [5.41, 5.74) is 0. The monoisotopic (exact) mass is 268 g/mol. The molecule has 0 heterocycles. The molecule has 0 aliphatic heterocycles. The van der Waals surface area contributed by atoms with Crippen molar-refractivity contribution in [2.24, 2.45) is 17.8 Å². The van der Waals surface area contributed by atoms with Crippen molar-refractivity contribution >= 4 is 11.9 Å². The van der Waals surface area contributed by atoms with E-state index in [1.165, 1.54) is 13.5 Å². The SMILES string of the molecule is COC(=O)/C=C/C(=O)O[C@@H]1C[C@H](C)CC[C@H]1C(C)C. The summed E-state index contributed by atoms with van der Waals surface area (Å²) in [4.78, 5) is 22.6. The summed E-state index contributed by atoms with van der Waals surface area (Å²) >= 11 is 0. The van der Waals surface area contributed by atoms with Gasteiger partial charge in [-0.15, -0.1) is 0 Å². The molecule has 0 N–H and O–H groups in total. The van der Waals surface area contributed by atoms with Crippen LogP contribution in [0.25, 0.3) is 0 Å². The fraction of sp³-hybridized carbons (Fsp3) is 0.733. The van der Waals surface area contributed by atoms with Crippen molar-refractivity contribution in [3.8, 4) is 0 Å². The Labute approximate surface area is 115 Å². The van der Waals surface area contributed by atoms with Gasteiger partial charge in [0.2, 0.25) is 0 Å². The van der Waals surface area contributed by atoms with Gasteiger partial charge in [-0.3, -0.25) is 0 Å². The van der Waals surface area contributed by atoms with Crippen LogP contribution in [0.5, 0.6) is 0 Å². The van der Waals surface area contributed by atoms with Crippen LogP contribution >= 0.6 is 0 Å². The van der Waals surface area contributed by atoms with Crippen molar-refractivity contribution in [3.63, 3.8) is 0 Å². The minimum absolute atomic E-state index is 0.0430. The van der Waals surface area contributed by atoms with Gasteiger partial charge in [0.1, 0.15) is 6.10 Å². The topological polar surface area (TPSA) is 52.6 Å². The maximum Gasteiger partial charge on any atom is 0.331 e. The van der Waals surface area contributed by atoms with E-state index < -0.39 is 11.9 Å². The highest BCUT2D eigenvalue weighted by molar-refractivity contribution is 5.91. The predicted octanol–water partition coefficient (Wildman–Crippen LogP) is 2.72. The third kappa shape index (κ3) is 5.05. The molecule has 0 amide bonds. The third-order valence-corrected chi connectivity index (χ3v) is 3.79. The number of esters is 2. The van der Waals surface area contributed by atoms with E-state index in [1.807, 2.05) is 0 Å². The summed E-state index contributed by atoms with van der Waals surface area (Å²) in [7, 11) is 1.27. The minimum Gasteiger partial charge on any atom is -0.466 e. The molecule has 1 saturated carbocycles. The Kier molecular flexibility index (Phi) is 6.06. The van der Waals surface area contributed by atoms with E-state index >= 15 is 0 Å². The van der Waals surface area contributed by atoms with Crippen molar-refractivity contribution in [2.75, 3.05) is 7.11 Å². The Hall–Kier alpha value is -1.32. The number of carbonyl (C=O) groups excluding carboxylic acids is 2. The predicted molar refractivity (Wildman–Crippen MR) is 72.4 cm³/mol. The number of hydrogen-bond acceptors (Lipinski definition) is 4. The lowest BCUT2D eigenvalue weighted by Crippen LogP contribution is -2.35. The van der Waals surface area contributed by atoms with Crippen molar-refractivity contribution in [3.05, 3.63) is 12.2 Å². The van der Waals surface area contributed by atoms with Gasteiger partial charge in [-0.2, -0.15) is 0 Å². The summed E-state index contributed by atoms with van der Waals surface area (Å²) in [6, 6.07) is 0. The van der Waals surface area contributed by atoms with E-state index in [1.54, 1.807) is 0 Å². The van der Waals surface area contributed by atoms with Crippen LogP contribution in [0, 0.1) is 17.8 Å². The quantitative estimate of drug-likeness (QED) is 0.581. The van der Waals surface area contributed by atoms with E-state index in [0.29, 0.717) is 17.8 Å². The van der Waals surface area contributed by atoms with Crippen LogP contribution in [0.4, 0.5) is 0 Å². The standard InChI is InChI=1S/C15H24O4/c1-10(2)12-6-5-11(3)9-13(12)19-15(17)8-7-14(16)18-4/h7-8,10-13H,5-6,9H2,1-4H3/b8-7+/t11-,12+,13-/m1/s1. The zero-order chi connectivity index (χ0) is 14.4. The van der Waals surface area contributed by atoms with E-state index in [4.69, 9.17) is 4.74 Å². The Morgan fingerprint density at radius 1 is 1.16 bits per heavy atom. The first-order valence-electron chi connectivity index (χ1n) is 6.90. The molecule has 4 nitrogen and oxygen atoms in total. The summed E-state index contributed by atoms with van der Waals surface area (Å²) in [5.74, 6) is 0.475. The molecule has 1 rings (SSSR count). The lowest BCUT2D eigenvalue weighted by molar-refractivity contribution is -0.150. The number of ether oxygens (including phenoxy) is 2. The molecule has 0 spiro atoms. The highest BCUT2D eigenvalue weighted by Gasteiger charge is 2.32. The van der Waals surface area contributed by atoms with Crippen LogP contribution in [-0.4, -0.2) is 25.2 Å². The number of hydrogen-bond donors (Lipinski definition) is 0. The van der Waals surface area contributed by atoms with Gasteiger partial charge in [-0.25, -0.2) is 9.59 Å². The molecular formula is C15H24O4. The van der Waals surface area contributed by atoms with Crippen LogP contribution in [0.1, 0.15) is 40.0 Å². The second-order valence-corrected chi connectivity index (χ2v) is 5.66. The van der Waals surface area contributed by atoms with E-state index in [-0.39, 0.29) is 6.10 Å². The summed E-state index contributed by atoms with van der Waals surface area (Å²) in [6.07, 6.45) is 5.38. The van der Waals surface area contributed by atoms with Gasteiger partial charge in [0.25, 0.3) is 0 Å². The first-order chi connectivity index (χ1) is 8.93. The van der Waals surface area contributed by atoms with E-state index in [9.17, 15) is 9.59 Å². The lowest BCUT2D eigenvalue weighted by Gasteiger charge is -2.36. The van der Waals surface area contributed by atoms with Crippen molar-refractivity contribution in [1.82, 2.24) is 0 Å². The molecule has 3 atom stereocenters. The van der Waals surface area contributed by atoms with Crippen molar-refractivity contribution < 1.29 is 19.1 Å². The molecule has 108 valence electrons. The Balaban J connectivity index is 2.58. The molecule has 19 heavy (non-hydrogen) atoms. The van der Waals surface area contributed by atoms with Crippen LogP contribution in [-0.2, 0) is 19.1 Å². The van der Waals surface area contributed by atoms with Crippen LogP contribution < -0.4 is 0 Å². The fourth-order valence-electron chi connectivity index (χ4n) is 2.64. The smallest absolute Gasteiger partial charge is 0.331 e. The molecule has 0 saturated heterocycles. The van der Waals surface area contributed by atoms with Crippen LogP contribution in [0.15, 0.2) is 12.2 Å². The Morgan fingerprint density at radius 2 is 1.79 bits per heavy atom. The molecule has 4 heteroatoms. The molecule has 1 aliphatic carbocycles. The average Bonchev–Trinajstić information content (AvgIpc) is 2.35. The van der Waals surface area contributed by atoms with Gasteiger partial charge in [0, 0.05) is 12.2 Å². The van der Waals surface area contributed by atoms with E-state index in [0.717, 1.165) is 25.0 Å². The first kappa shape index (κ1) is 15.7. The van der Waals surface area contributed by atoms with Gasteiger partial charge >= 0.3 is 11.9 Å². The molecule has 0 unspecified atom stereocenters. The molecule has 0 radical (unpaired) electrons. The maximum absolute atomic E-state index is 11.7. The zero-order valence-corrected chi connectivity index (χ0v) is 12.2. The van der Waals surface area contributed by atoms with Crippen LogP contribution in [0.2, 0.25) is 0 Å². The van der Waals surface area contributed by atoms with Gasteiger partial charge < -0.3 is 9.47 Å². The number of carbonyl (C=O) groups is 2. The largest absolute Gasteiger partial charge is 0.466 e. The molecule has 0 bridgehead atoms. The zero-order valence-electron chi connectivity index (χ0n) is 12.2. The normalized spacial score (nSPS) is 27.5. The number of rotatable bonds is 4. The Morgan fingerprint density at radius 3 is 2.37 bits per heavy atom. The summed E-state index contributed by atoms with van der Waals surface area (Å²) in [6.45, 7) is 6.50. The second-order valence-electron chi connectivity index (χ2n) is 5.66. The van der Waals surface area contributed by atoms with E-state index in [2.05, 4.69) is 25.5 Å². The second kappa shape index (κ2) is 7.31. The minimum atomic E-state index is -0.547. The molecule has 0 aromatic carbocycles. The van der Waals surface area contributed by atoms with Gasteiger partial charge in [-0.05, 0) is 30.6 Å². The highest BCUT2D eigenvalue weighted by Crippen LogP contribution is 2.35. The maximum atomic E-state index is 11.7. The van der Waals surface area contributed by atoms with Crippen molar-refractivity contribution in [2.45, 2.75) is 46.1 Å². The van der Waals surface area contributed by atoms with Gasteiger partial charge in [0.15, 0.2) is 0 Å². The number of methoxy groups -OCH3 is 1. The lowest BCUT2D eigenvalue weighted by atomic mass is 9.75. The first-order valence-corrected chi connectivity index (χ1v) is 6.90. The average molecular weight is 268 g/mol. The molecule has 1 fully saturated rings. The third-order valence-electron chi connectivity index (χ3n) is 3.79. The Bertz CT molecular complexity index is 346.